The Morgan fingerprint density at radius 3 is 2.86 bits per heavy atom. The second kappa shape index (κ2) is 4.21. The van der Waals surface area contributed by atoms with Gasteiger partial charge in [0.1, 0.15) is 10.3 Å². The second-order valence-corrected chi connectivity index (χ2v) is 4.14. The van der Waals surface area contributed by atoms with Gasteiger partial charge in [-0.1, -0.05) is 11.3 Å². The number of rotatable bonds is 3. The molecule has 0 aliphatic carbocycles. The normalized spacial score (nSPS) is 9.43. The van der Waals surface area contributed by atoms with Gasteiger partial charge in [-0.05, 0) is 24.8 Å². The van der Waals surface area contributed by atoms with Crippen LogP contribution < -0.4 is 0 Å². The summed E-state index contributed by atoms with van der Waals surface area (Å²) in [5.74, 6) is -0.233. The van der Waals surface area contributed by atoms with Crippen LogP contribution in [0.2, 0.25) is 0 Å². The van der Waals surface area contributed by atoms with Crippen LogP contribution in [0.5, 0.6) is 0 Å². The van der Waals surface area contributed by atoms with E-state index in [0.29, 0.717) is 16.6 Å². The molecule has 1 rings (SSSR count). The first-order chi connectivity index (χ1) is 6.56. The maximum atomic E-state index is 10.9. The van der Waals surface area contributed by atoms with Crippen LogP contribution in [0.3, 0.4) is 0 Å². The molecule has 0 amide bonds. The molecule has 1 aromatic heterocycles. The van der Waals surface area contributed by atoms with E-state index in [1.165, 1.54) is 13.0 Å². The van der Waals surface area contributed by atoms with Gasteiger partial charge in [-0.3, -0.25) is 14.9 Å². The Morgan fingerprint density at radius 2 is 2.43 bits per heavy atom. The van der Waals surface area contributed by atoms with Crippen molar-refractivity contribution >= 4 is 33.9 Å². The number of thioether (sulfide) groups is 1. The number of carbonyl (C=O) groups is 1. The number of nitro groups is 1. The number of thiocyanates is 1. The molecule has 1 aromatic rings. The molecule has 14 heavy (non-hydrogen) atoms. The van der Waals surface area contributed by atoms with Gasteiger partial charge in [0.05, 0.1) is 9.80 Å². The summed E-state index contributed by atoms with van der Waals surface area (Å²) in [4.78, 5) is 21.4. The number of hydrogen-bond donors (Lipinski definition) is 0. The fraction of sp³-hybridized carbons (Fsp3) is 0.143. The van der Waals surface area contributed by atoms with Crippen molar-refractivity contribution in [1.82, 2.24) is 0 Å². The van der Waals surface area contributed by atoms with Crippen LogP contribution in [0.4, 0.5) is 5.00 Å². The molecule has 72 valence electrons. The van der Waals surface area contributed by atoms with Gasteiger partial charge in [-0.15, -0.1) is 0 Å². The minimum absolute atomic E-state index is 0.151. The molecule has 0 saturated carbocycles. The summed E-state index contributed by atoms with van der Waals surface area (Å²) < 4.78 is 0. The minimum Gasteiger partial charge on any atom is -0.294 e. The van der Waals surface area contributed by atoms with Crippen molar-refractivity contribution in [2.24, 2.45) is 0 Å². The molecule has 0 radical (unpaired) electrons. The molecule has 0 aliphatic rings. The lowest BCUT2D eigenvalue weighted by atomic mass is 10.3. The van der Waals surface area contributed by atoms with E-state index in [1.807, 2.05) is 0 Å². The summed E-state index contributed by atoms with van der Waals surface area (Å²) in [6.45, 7) is 1.33. The third kappa shape index (κ3) is 2.10. The highest BCUT2D eigenvalue weighted by molar-refractivity contribution is 8.04. The number of nitrogens with zero attached hydrogens (tertiary/aromatic N) is 2. The van der Waals surface area contributed by atoms with Gasteiger partial charge < -0.3 is 0 Å². The van der Waals surface area contributed by atoms with Crippen LogP contribution in [0, 0.1) is 20.8 Å². The Bertz CT molecular complexity index is 433. The first kappa shape index (κ1) is 10.7. The number of hydrogen-bond acceptors (Lipinski definition) is 6. The van der Waals surface area contributed by atoms with Gasteiger partial charge in [-0.2, -0.15) is 5.26 Å². The average molecular weight is 228 g/mol. The average Bonchev–Trinajstić information content (AvgIpc) is 2.49. The lowest BCUT2D eigenvalue weighted by Crippen LogP contribution is -1.84. The molecule has 0 aliphatic heterocycles. The summed E-state index contributed by atoms with van der Waals surface area (Å²) >= 11 is 1.49. The number of ketones is 1. The minimum atomic E-state index is -0.587. The second-order valence-electron chi connectivity index (χ2n) is 2.29. The first-order valence-electron chi connectivity index (χ1n) is 3.41. The van der Waals surface area contributed by atoms with Crippen LogP contribution in [0.25, 0.3) is 0 Å². The van der Waals surface area contributed by atoms with Gasteiger partial charge in [0, 0.05) is 0 Å². The Balaban J connectivity index is 3.20. The predicted molar refractivity (Wildman–Crippen MR) is 52.4 cm³/mol. The summed E-state index contributed by atoms with van der Waals surface area (Å²) in [5, 5.41) is 20.5. The van der Waals surface area contributed by atoms with Crippen molar-refractivity contribution in [3.63, 3.8) is 0 Å². The van der Waals surface area contributed by atoms with Crippen molar-refractivity contribution in [3.05, 3.63) is 21.1 Å². The number of thiophene rings is 1. The Labute approximate surface area is 87.5 Å². The highest BCUT2D eigenvalue weighted by Crippen LogP contribution is 2.36. The quantitative estimate of drug-likeness (QED) is 0.261. The van der Waals surface area contributed by atoms with Gasteiger partial charge in [0.25, 0.3) is 0 Å². The van der Waals surface area contributed by atoms with E-state index in [9.17, 15) is 14.9 Å². The van der Waals surface area contributed by atoms with Gasteiger partial charge in [0.2, 0.25) is 0 Å². The first-order valence-corrected chi connectivity index (χ1v) is 5.04. The predicted octanol–water partition coefficient (Wildman–Crippen LogP) is 2.43. The van der Waals surface area contributed by atoms with E-state index in [0.717, 1.165) is 11.3 Å². The summed E-state index contributed by atoms with van der Waals surface area (Å²) in [7, 11) is 0. The van der Waals surface area contributed by atoms with E-state index in [2.05, 4.69) is 0 Å². The van der Waals surface area contributed by atoms with Crippen molar-refractivity contribution < 1.29 is 9.72 Å². The van der Waals surface area contributed by atoms with Gasteiger partial charge in [-0.25, -0.2) is 0 Å². The lowest BCUT2D eigenvalue weighted by molar-refractivity contribution is -0.382. The highest BCUT2D eigenvalue weighted by Gasteiger charge is 2.21. The number of nitriles is 1. The highest BCUT2D eigenvalue weighted by atomic mass is 32.2. The van der Waals surface area contributed by atoms with Crippen LogP contribution in [-0.4, -0.2) is 10.7 Å². The summed E-state index contributed by atoms with van der Waals surface area (Å²) in [6.07, 6.45) is 0. The summed E-state index contributed by atoms with van der Waals surface area (Å²) in [6, 6.07) is 1.37. The molecule has 0 atom stereocenters. The maximum Gasteiger partial charge on any atom is 0.339 e. The summed E-state index contributed by atoms with van der Waals surface area (Å²) in [5.41, 5.74) is 0. The molecule has 1 heterocycles. The zero-order valence-corrected chi connectivity index (χ0v) is 8.65. The van der Waals surface area contributed by atoms with E-state index in [1.54, 1.807) is 5.40 Å². The Morgan fingerprint density at radius 1 is 1.79 bits per heavy atom. The van der Waals surface area contributed by atoms with E-state index < -0.39 is 4.92 Å². The topological polar surface area (TPSA) is 84.0 Å². The fourth-order valence-electron chi connectivity index (χ4n) is 0.788. The SMILES string of the molecule is CC(=O)c1cc(SC#N)c([N+](=O)[O-])s1. The van der Waals surface area contributed by atoms with E-state index in [4.69, 9.17) is 5.26 Å². The molecular formula is C7H4N2O3S2. The Kier molecular flexibility index (Phi) is 3.22. The third-order valence-electron chi connectivity index (χ3n) is 1.35. The van der Waals surface area contributed by atoms with Gasteiger partial charge >= 0.3 is 5.00 Å². The van der Waals surface area contributed by atoms with Crippen molar-refractivity contribution in [2.75, 3.05) is 0 Å². The molecule has 0 bridgehead atoms. The molecular weight excluding hydrogens is 224 g/mol. The van der Waals surface area contributed by atoms with E-state index >= 15 is 0 Å². The van der Waals surface area contributed by atoms with Crippen molar-refractivity contribution in [3.8, 4) is 5.40 Å². The third-order valence-corrected chi connectivity index (χ3v) is 3.29. The zero-order chi connectivity index (χ0) is 10.7. The fourth-order valence-corrected chi connectivity index (χ4v) is 2.31. The van der Waals surface area contributed by atoms with Crippen molar-refractivity contribution in [2.45, 2.75) is 11.8 Å². The lowest BCUT2D eigenvalue weighted by Gasteiger charge is -1.85. The maximum absolute atomic E-state index is 10.9. The largest absolute Gasteiger partial charge is 0.339 e. The van der Waals surface area contributed by atoms with Crippen LogP contribution in [-0.2, 0) is 0 Å². The number of carbonyl (C=O) groups excluding carboxylic acids is 1. The van der Waals surface area contributed by atoms with Crippen LogP contribution in [0.15, 0.2) is 11.0 Å². The van der Waals surface area contributed by atoms with Crippen LogP contribution in [0.1, 0.15) is 16.6 Å². The standard InChI is InChI=1S/C7H4N2O3S2/c1-4(10)5-2-6(13-3-8)7(14-5)9(11)12/h2H,1H3. The monoisotopic (exact) mass is 228 g/mol. The molecule has 5 nitrogen and oxygen atoms in total. The Hall–Kier alpha value is -1.39. The zero-order valence-electron chi connectivity index (χ0n) is 7.01. The molecule has 0 saturated heterocycles. The van der Waals surface area contributed by atoms with E-state index in [-0.39, 0.29) is 15.7 Å². The molecule has 0 unspecified atom stereocenters. The van der Waals surface area contributed by atoms with Gasteiger partial charge in [0.15, 0.2) is 5.78 Å². The smallest absolute Gasteiger partial charge is 0.294 e. The molecule has 0 N–H and O–H groups in total. The number of Topliss-reactive ketones (excluding diaryl/α,β-unsaturated/α-hetero) is 1. The molecule has 0 spiro atoms. The molecule has 7 heteroatoms. The molecule has 0 aromatic carbocycles. The molecule has 0 fully saturated rings. The van der Waals surface area contributed by atoms with Crippen LogP contribution >= 0.6 is 23.1 Å². The van der Waals surface area contributed by atoms with Crippen molar-refractivity contribution in [1.29, 1.82) is 5.26 Å².